The van der Waals surface area contributed by atoms with E-state index in [-0.39, 0.29) is 0 Å². The maximum atomic E-state index is 5.81. The molecule has 0 spiro atoms. The molecule has 0 radical (unpaired) electrons. The van der Waals surface area contributed by atoms with Crippen LogP contribution in [0.2, 0.25) is 0 Å². The van der Waals surface area contributed by atoms with Gasteiger partial charge in [-0.25, -0.2) is 4.98 Å². The molecule has 0 saturated carbocycles. The second kappa shape index (κ2) is 4.81. The van der Waals surface area contributed by atoms with Gasteiger partial charge in [0.1, 0.15) is 5.52 Å². The number of unbranched alkanes of at least 4 members (excludes halogenated alkanes) is 2. The topological polar surface area (TPSA) is 26.0 Å². The van der Waals surface area contributed by atoms with Crippen molar-refractivity contribution in [1.82, 2.24) is 4.98 Å². The lowest BCUT2D eigenvalue weighted by atomic mass is 10.1. The van der Waals surface area contributed by atoms with Crippen molar-refractivity contribution in [2.45, 2.75) is 32.6 Å². The zero-order valence-electron chi connectivity index (χ0n) is 10.6. The number of benzene rings is 2. The van der Waals surface area contributed by atoms with Crippen molar-refractivity contribution in [3.63, 3.8) is 0 Å². The van der Waals surface area contributed by atoms with Crippen LogP contribution in [-0.2, 0) is 6.42 Å². The molecule has 0 fully saturated rings. The molecule has 0 aliphatic heterocycles. The standard InChI is InChI=1S/C16H17NO/c1-2-3-4-9-15-17-16-13-8-6-5-7-12(13)10-11-14(16)18-15/h5-8,10-11H,2-4,9H2,1H3. The molecule has 0 aliphatic rings. The first-order chi connectivity index (χ1) is 8.88. The van der Waals surface area contributed by atoms with E-state index < -0.39 is 0 Å². The van der Waals surface area contributed by atoms with Crippen molar-refractivity contribution < 1.29 is 4.42 Å². The van der Waals surface area contributed by atoms with Gasteiger partial charge in [0, 0.05) is 11.8 Å². The van der Waals surface area contributed by atoms with E-state index in [9.17, 15) is 0 Å². The summed E-state index contributed by atoms with van der Waals surface area (Å²) in [7, 11) is 0. The highest BCUT2D eigenvalue weighted by molar-refractivity contribution is 6.03. The number of rotatable bonds is 4. The molecule has 92 valence electrons. The molecule has 3 rings (SSSR count). The minimum Gasteiger partial charge on any atom is -0.441 e. The largest absolute Gasteiger partial charge is 0.441 e. The number of hydrogen-bond donors (Lipinski definition) is 0. The first kappa shape index (κ1) is 11.3. The predicted molar refractivity (Wildman–Crippen MR) is 74.7 cm³/mol. The molecule has 2 aromatic carbocycles. The first-order valence-corrected chi connectivity index (χ1v) is 6.65. The molecular weight excluding hydrogens is 222 g/mol. The Balaban J connectivity index is 2.03. The van der Waals surface area contributed by atoms with Crippen molar-refractivity contribution in [3.8, 4) is 0 Å². The Labute approximate surface area is 107 Å². The summed E-state index contributed by atoms with van der Waals surface area (Å²) in [5.74, 6) is 0.870. The number of aryl methyl sites for hydroxylation is 1. The third-order valence-corrected chi connectivity index (χ3v) is 3.32. The van der Waals surface area contributed by atoms with Crippen LogP contribution in [0.25, 0.3) is 21.9 Å². The van der Waals surface area contributed by atoms with Crippen LogP contribution >= 0.6 is 0 Å². The van der Waals surface area contributed by atoms with Crippen molar-refractivity contribution in [3.05, 3.63) is 42.3 Å². The summed E-state index contributed by atoms with van der Waals surface area (Å²) >= 11 is 0. The van der Waals surface area contributed by atoms with Crippen LogP contribution < -0.4 is 0 Å². The van der Waals surface area contributed by atoms with Crippen molar-refractivity contribution >= 4 is 21.9 Å². The van der Waals surface area contributed by atoms with E-state index in [1.54, 1.807) is 0 Å². The Morgan fingerprint density at radius 3 is 2.83 bits per heavy atom. The monoisotopic (exact) mass is 239 g/mol. The second-order valence-electron chi connectivity index (χ2n) is 4.70. The Kier molecular flexibility index (Phi) is 3.01. The van der Waals surface area contributed by atoms with Gasteiger partial charge >= 0.3 is 0 Å². The number of nitrogens with zero attached hydrogens (tertiary/aromatic N) is 1. The lowest BCUT2D eigenvalue weighted by Gasteiger charge is -1.95. The predicted octanol–water partition coefficient (Wildman–Crippen LogP) is 4.71. The molecule has 0 amide bonds. The molecule has 3 aromatic rings. The van der Waals surface area contributed by atoms with Crippen LogP contribution in [0.4, 0.5) is 0 Å². The Morgan fingerprint density at radius 2 is 1.94 bits per heavy atom. The first-order valence-electron chi connectivity index (χ1n) is 6.65. The molecule has 0 saturated heterocycles. The van der Waals surface area contributed by atoms with E-state index in [0.29, 0.717) is 0 Å². The van der Waals surface area contributed by atoms with Crippen molar-refractivity contribution in [1.29, 1.82) is 0 Å². The van der Waals surface area contributed by atoms with Crippen LogP contribution in [0.3, 0.4) is 0 Å². The molecule has 0 unspecified atom stereocenters. The normalized spacial score (nSPS) is 11.4. The molecule has 2 heteroatoms. The minimum atomic E-state index is 0.870. The highest BCUT2D eigenvalue weighted by atomic mass is 16.3. The van der Waals surface area contributed by atoms with Crippen LogP contribution in [0.1, 0.15) is 32.1 Å². The summed E-state index contributed by atoms with van der Waals surface area (Å²) in [5.41, 5.74) is 1.90. The van der Waals surface area contributed by atoms with Gasteiger partial charge in [0.25, 0.3) is 0 Å². The SMILES string of the molecule is CCCCCc1nc2c(ccc3ccccc32)o1. The zero-order chi connectivity index (χ0) is 12.4. The maximum absolute atomic E-state index is 5.81. The van der Waals surface area contributed by atoms with Gasteiger partial charge in [0.2, 0.25) is 0 Å². The summed E-state index contributed by atoms with van der Waals surface area (Å²) in [4.78, 5) is 4.65. The fourth-order valence-corrected chi connectivity index (χ4v) is 2.34. The van der Waals surface area contributed by atoms with E-state index in [2.05, 4.69) is 36.2 Å². The smallest absolute Gasteiger partial charge is 0.195 e. The Hall–Kier alpha value is -1.83. The van der Waals surface area contributed by atoms with Gasteiger partial charge in [-0.15, -0.1) is 0 Å². The van der Waals surface area contributed by atoms with Gasteiger partial charge in [-0.1, -0.05) is 50.1 Å². The van der Waals surface area contributed by atoms with Gasteiger partial charge in [-0.3, -0.25) is 0 Å². The van der Waals surface area contributed by atoms with Gasteiger partial charge < -0.3 is 4.42 Å². The maximum Gasteiger partial charge on any atom is 0.195 e. The summed E-state index contributed by atoms with van der Waals surface area (Å²) in [6.45, 7) is 2.21. The molecule has 2 nitrogen and oxygen atoms in total. The number of aromatic nitrogens is 1. The lowest BCUT2D eigenvalue weighted by Crippen LogP contribution is -1.84. The summed E-state index contributed by atoms with van der Waals surface area (Å²) < 4.78 is 5.81. The van der Waals surface area contributed by atoms with Crippen molar-refractivity contribution in [2.24, 2.45) is 0 Å². The third kappa shape index (κ3) is 1.99. The van der Waals surface area contributed by atoms with Crippen LogP contribution in [0.5, 0.6) is 0 Å². The molecular formula is C16H17NO. The molecule has 0 aliphatic carbocycles. The van der Waals surface area contributed by atoms with E-state index in [4.69, 9.17) is 4.42 Å². The molecule has 0 N–H and O–H groups in total. The van der Waals surface area contributed by atoms with E-state index in [1.807, 2.05) is 12.1 Å². The van der Waals surface area contributed by atoms with Gasteiger partial charge in [0.05, 0.1) is 0 Å². The third-order valence-electron chi connectivity index (χ3n) is 3.32. The molecule has 0 atom stereocenters. The average molecular weight is 239 g/mol. The van der Waals surface area contributed by atoms with Crippen LogP contribution in [-0.4, -0.2) is 4.98 Å². The summed E-state index contributed by atoms with van der Waals surface area (Å²) in [6, 6.07) is 12.4. The van der Waals surface area contributed by atoms with Gasteiger partial charge in [-0.05, 0) is 17.9 Å². The number of hydrogen-bond acceptors (Lipinski definition) is 2. The summed E-state index contributed by atoms with van der Waals surface area (Å²) in [6.07, 6.45) is 4.56. The Morgan fingerprint density at radius 1 is 1.06 bits per heavy atom. The Bertz CT molecular complexity index is 669. The fourth-order valence-electron chi connectivity index (χ4n) is 2.34. The van der Waals surface area contributed by atoms with Gasteiger partial charge in [-0.2, -0.15) is 0 Å². The second-order valence-corrected chi connectivity index (χ2v) is 4.70. The number of oxazole rings is 1. The van der Waals surface area contributed by atoms with E-state index in [0.717, 1.165) is 29.8 Å². The molecule has 1 heterocycles. The van der Waals surface area contributed by atoms with Crippen LogP contribution in [0, 0.1) is 0 Å². The molecule has 0 bridgehead atoms. The minimum absolute atomic E-state index is 0.870. The molecule has 1 aromatic heterocycles. The average Bonchev–Trinajstić information content (AvgIpc) is 2.82. The highest BCUT2D eigenvalue weighted by Gasteiger charge is 2.08. The van der Waals surface area contributed by atoms with Crippen molar-refractivity contribution in [2.75, 3.05) is 0 Å². The molecule has 18 heavy (non-hydrogen) atoms. The highest BCUT2D eigenvalue weighted by Crippen LogP contribution is 2.25. The summed E-state index contributed by atoms with van der Waals surface area (Å²) in [5, 5.41) is 2.40. The van der Waals surface area contributed by atoms with E-state index in [1.165, 1.54) is 23.6 Å². The number of fused-ring (bicyclic) bond motifs is 3. The quantitative estimate of drug-likeness (QED) is 0.616. The van der Waals surface area contributed by atoms with E-state index >= 15 is 0 Å². The fraction of sp³-hybridized carbons (Fsp3) is 0.312. The van der Waals surface area contributed by atoms with Gasteiger partial charge in [0.15, 0.2) is 11.5 Å². The lowest BCUT2D eigenvalue weighted by molar-refractivity contribution is 0.513. The zero-order valence-corrected chi connectivity index (χ0v) is 10.6. The van der Waals surface area contributed by atoms with Crippen LogP contribution in [0.15, 0.2) is 40.8 Å².